The number of rotatable bonds is 5. The zero-order chi connectivity index (χ0) is 13.5. The summed E-state index contributed by atoms with van der Waals surface area (Å²) in [5.74, 6) is -0.369. The van der Waals surface area contributed by atoms with Crippen LogP contribution in [-0.4, -0.2) is 19.0 Å². The fourth-order valence-electron chi connectivity index (χ4n) is 1.39. The van der Waals surface area contributed by atoms with Crippen molar-refractivity contribution in [1.29, 1.82) is 0 Å². The van der Waals surface area contributed by atoms with Crippen molar-refractivity contribution in [3.63, 3.8) is 0 Å². The summed E-state index contributed by atoms with van der Waals surface area (Å²) in [6.45, 7) is 2.02. The van der Waals surface area contributed by atoms with Crippen LogP contribution in [0.15, 0.2) is 18.2 Å². The van der Waals surface area contributed by atoms with Gasteiger partial charge in [-0.05, 0) is 53.6 Å². The number of anilines is 1. The summed E-state index contributed by atoms with van der Waals surface area (Å²) in [5, 5.41) is 2.81. The van der Waals surface area contributed by atoms with Gasteiger partial charge < -0.3 is 10.1 Å². The first-order valence-corrected chi connectivity index (χ1v) is 6.73. The van der Waals surface area contributed by atoms with Crippen molar-refractivity contribution < 1.29 is 14.3 Å². The van der Waals surface area contributed by atoms with E-state index in [9.17, 15) is 9.59 Å². The molecular weight excluding hydrogens is 345 g/mol. The van der Waals surface area contributed by atoms with Crippen LogP contribution in [0, 0.1) is 10.5 Å². The van der Waals surface area contributed by atoms with Crippen molar-refractivity contribution in [3.05, 3.63) is 27.3 Å². The highest BCUT2D eigenvalue weighted by molar-refractivity contribution is 14.1. The van der Waals surface area contributed by atoms with Gasteiger partial charge in [0, 0.05) is 22.1 Å². The van der Waals surface area contributed by atoms with Gasteiger partial charge in [-0.15, -0.1) is 0 Å². The number of esters is 1. The molecule has 0 radical (unpaired) electrons. The van der Waals surface area contributed by atoms with Crippen LogP contribution in [0.4, 0.5) is 5.69 Å². The molecule has 0 saturated carbocycles. The summed E-state index contributed by atoms with van der Waals surface area (Å²) in [7, 11) is 1.34. The largest absolute Gasteiger partial charge is 0.469 e. The number of methoxy groups -OCH3 is 1. The van der Waals surface area contributed by atoms with Crippen LogP contribution >= 0.6 is 22.6 Å². The second-order valence-corrected chi connectivity index (χ2v) is 5.10. The first-order chi connectivity index (χ1) is 8.52. The minimum absolute atomic E-state index is 0.0847. The summed E-state index contributed by atoms with van der Waals surface area (Å²) in [5.41, 5.74) is 1.97. The van der Waals surface area contributed by atoms with E-state index < -0.39 is 0 Å². The SMILES string of the molecule is COC(=O)CCCC(=O)Nc1ccc(C)c(I)c1. The van der Waals surface area contributed by atoms with Crippen LogP contribution in [-0.2, 0) is 14.3 Å². The van der Waals surface area contributed by atoms with Gasteiger partial charge >= 0.3 is 5.97 Å². The maximum atomic E-state index is 11.6. The van der Waals surface area contributed by atoms with E-state index in [0.29, 0.717) is 12.8 Å². The Morgan fingerprint density at radius 1 is 1.33 bits per heavy atom. The smallest absolute Gasteiger partial charge is 0.305 e. The number of halogens is 1. The Bertz CT molecular complexity index is 446. The first-order valence-electron chi connectivity index (χ1n) is 5.65. The Morgan fingerprint density at radius 3 is 2.67 bits per heavy atom. The Kier molecular flexibility index (Phi) is 6.11. The Morgan fingerprint density at radius 2 is 2.06 bits per heavy atom. The van der Waals surface area contributed by atoms with Crippen LogP contribution in [0.1, 0.15) is 24.8 Å². The number of nitrogens with one attached hydrogen (secondary N) is 1. The van der Waals surface area contributed by atoms with Crippen molar-refractivity contribution in [3.8, 4) is 0 Å². The number of hydrogen-bond donors (Lipinski definition) is 1. The molecule has 0 aliphatic rings. The monoisotopic (exact) mass is 361 g/mol. The molecule has 0 fully saturated rings. The molecule has 1 amide bonds. The third-order valence-corrected chi connectivity index (χ3v) is 3.63. The lowest BCUT2D eigenvalue weighted by atomic mass is 10.2. The van der Waals surface area contributed by atoms with E-state index in [-0.39, 0.29) is 18.3 Å². The minimum Gasteiger partial charge on any atom is -0.469 e. The predicted octanol–water partition coefficient (Wildman–Crippen LogP) is 2.88. The predicted molar refractivity (Wildman–Crippen MR) is 78.4 cm³/mol. The zero-order valence-corrected chi connectivity index (χ0v) is 12.6. The van der Waals surface area contributed by atoms with E-state index in [1.54, 1.807) is 0 Å². The lowest BCUT2D eigenvalue weighted by molar-refractivity contribution is -0.140. The van der Waals surface area contributed by atoms with Crippen molar-refractivity contribution in [1.82, 2.24) is 0 Å². The number of ether oxygens (including phenoxy) is 1. The van der Waals surface area contributed by atoms with Crippen LogP contribution in [0.5, 0.6) is 0 Å². The van der Waals surface area contributed by atoms with Gasteiger partial charge in [-0.3, -0.25) is 9.59 Å². The average Bonchev–Trinajstić information content (AvgIpc) is 2.33. The summed E-state index contributed by atoms with van der Waals surface area (Å²) in [6, 6.07) is 5.76. The molecule has 0 atom stereocenters. The molecular formula is C13H16INO3. The summed E-state index contributed by atoms with van der Waals surface area (Å²) < 4.78 is 5.62. The van der Waals surface area contributed by atoms with Gasteiger partial charge in [0.15, 0.2) is 0 Å². The molecule has 0 aliphatic carbocycles. The fourth-order valence-corrected chi connectivity index (χ4v) is 1.90. The molecule has 0 aromatic heterocycles. The molecule has 1 rings (SSSR count). The van der Waals surface area contributed by atoms with Gasteiger partial charge in [0.2, 0.25) is 5.91 Å². The summed E-state index contributed by atoms with van der Waals surface area (Å²) >= 11 is 2.23. The molecule has 98 valence electrons. The van der Waals surface area contributed by atoms with E-state index in [0.717, 1.165) is 9.26 Å². The van der Waals surface area contributed by atoms with Crippen molar-refractivity contribution in [2.45, 2.75) is 26.2 Å². The molecule has 0 spiro atoms. The molecule has 1 N–H and O–H groups in total. The molecule has 0 aliphatic heterocycles. The second kappa shape index (κ2) is 7.35. The summed E-state index contributed by atoms with van der Waals surface area (Å²) in [6.07, 6.45) is 1.09. The van der Waals surface area contributed by atoms with Gasteiger partial charge in [0.1, 0.15) is 0 Å². The van der Waals surface area contributed by atoms with Crippen molar-refractivity contribution >= 4 is 40.2 Å². The van der Waals surface area contributed by atoms with Crippen molar-refractivity contribution in [2.24, 2.45) is 0 Å². The van der Waals surface area contributed by atoms with Gasteiger partial charge in [0.25, 0.3) is 0 Å². The average molecular weight is 361 g/mol. The second-order valence-electron chi connectivity index (χ2n) is 3.94. The molecule has 4 nitrogen and oxygen atoms in total. The molecule has 0 unspecified atom stereocenters. The first kappa shape index (κ1) is 14.9. The molecule has 18 heavy (non-hydrogen) atoms. The Balaban J connectivity index is 2.40. The van der Waals surface area contributed by atoms with Gasteiger partial charge in [-0.2, -0.15) is 0 Å². The van der Waals surface area contributed by atoms with Crippen molar-refractivity contribution in [2.75, 3.05) is 12.4 Å². The van der Waals surface area contributed by atoms with Crippen LogP contribution < -0.4 is 5.32 Å². The van der Waals surface area contributed by atoms with Gasteiger partial charge in [0.05, 0.1) is 7.11 Å². The third-order valence-electron chi connectivity index (χ3n) is 2.47. The highest BCUT2D eigenvalue weighted by Crippen LogP contribution is 2.17. The Hall–Kier alpha value is -1.11. The lowest BCUT2D eigenvalue weighted by Crippen LogP contribution is -2.12. The number of carbonyl (C=O) groups excluding carboxylic acids is 2. The number of benzene rings is 1. The van der Waals surface area contributed by atoms with Crippen LogP contribution in [0.2, 0.25) is 0 Å². The number of amides is 1. The summed E-state index contributed by atoms with van der Waals surface area (Å²) in [4.78, 5) is 22.5. The highest BCUT2D eigenvalue weighted by atomic mass is 127. The van der Waals surface area contributed by atoms with E-state index in [2.05, 4.69) is 32.6 Å². The Labute approximate surface area is 120 Å². The number of carbonyl (C=O) groups is 2. The van der Waals surface area contributed by atoms with E-state index in [1.807, 2.05) is 25.1 Å². The van der Waals surface area contributed by atoms with Gasteiger partial charge in [-0.25, -0.2) is 0 Å². The lowest BCUT2D eigenvalue weighted by Gasteiger charge is -2.06. The quantitative estimate of drug-likeness (QED) is 0.648. The molecule has 5 heteroatoms. The molecule has 0 bridgehead atoms. The fraction of sp³-hybridized carbons (Fsp3) is 0.385. The van der Waals surface area contributed by atoms with E-state index in [1.165, 1.54) is 12.7 Å². The maximum absolute atomic E-state index is 11.6. The van der Waals surface area contributed by atoms with Crippen LogP contribution in [0.25, 0.3) is 0 Å². The number of hydrogen-bond acceptors (Lipinski definition) is 3. The van der Waals surface area contributed by atoms with Crippen LogP contribution in [0.3, 0.4) is 0 Å². The third kappa shape index (κ3) is 5.03. The molecule has 0 saturated heterocycles. The standard InChI is InChI=1S/C13H16INO3/c1-9-6-7-10(8-11(9)14)15-12(16)4-3-5-13(17)18-2/h6-8H,3-5H2,1-2H3,(H,15,16). The van der Waals surface area contributed by atoms with E-state index >= 15 is 0 Å². The molecule has 1 aromatic rings. The van der Waals surface area contributed by atoms with E-state index in [4.69, 9.17) is 0 Å². The highest BCUT2D eigenvalue weighted by Gasteiger charge is 2.06. The minimum atomic E-state index is -0.285. The topological polar surface area (TPSA) is 55.4 Å². The maximum Gasteiger partial charge on any atom is 0.305 e. The number of aryl methyl sites for hydroxylation is 1. The zero-order valence-electron chi connectivity index (χ0n) is 10.5. The molecule has 0 heterocycles. The normalized spacial score (nSPS) is 9.94. The molecule has 1 aromatic carbocycles. The van der Waals surface area contributed by atoms with Gasteiger partial charge in [-0.1, -0.05) is 6.07 Å².